The third-order valence-corrected chi connectivity index (χ3v) is 10.0. The second kappa shape index (κ2) is 11.2. The molecule has 0 saturated heterocycles. The average molecular weight is 682 g/mol. The van der Waals surface area contributed by atoms with Crippen molar-refractivity contribution in [2.24, 2.45) is 4.99 Å². The molecule has 48 heavy (non-hydrogen) atoms. The summed E-state index contributed by atoms with van der Waals surface area (Å²) in [4.78, 5) is 5.38. The molecule has 7 aromatic carbocycles. The van der Waals surface area contributed by atoms with Gasteiger partial charge in [0, 0.05) is 42.5 Å². The number of aromatic nitrogens is 1. The molecule has 3 nitrogen and oxygen atoms in total. The van der Waals surface area contributed by atoms with Gasteiger partial charge in [0.1, 0.15) is 17.0 Å². The molecule has 0 aliphatic carbocycles. The minimum absolute atomic E-state index is 0.658. The van der Waals surface area contributed by atoms with Crippen LogP contribution < -0.4 is 0 Å². The quantitative estimate of drug-likeness (QED) is 0.166. The molecule has 0 unspecified atom stereocenters. The largest absolute Gasteiger partial charge is 0.456 e. The Kier molecular flexibility index (Phi) is 6.66. The van der Waals surface area contributed by atoms with E-state index >= 15 is 0 Å². The summed E-state index contributed by atoms with van der Waals surface area (Å²) in [7, 11) is 0. The van der Waals surface area contributed by atoms with Crippen LogP contribution in [0.4, 0.5) is 0 Å². The van der Waals surface area contributed by atoms with Crippen LogP contribution in [0, 0.1) is 6.92 Å². The molecule has 0 saturated carbocycles. The summed E-state index contributed by atoms with van der Waals surface area (Å²) in [5, 5.41) is 6.82. The van der Waals surface area contributed by atoms with Crippen LogP contribution in [0.15, 0.2) is 166 Å². The highest BCUT2D eigenvalue weighted by molar-refractivity contribution is 9.10. The van der Waals surface area contributed by atoms with Gasteiger partial charge in [-0.1, -0.05) is 138 Å². The molecule has 4 heteroatoms. The summed E-state index contributed by atoms with van der Waals surface area (Å²) in [6, 6.07) is 51.0. The number of nitrogens with zero attached hydrogens (tertiary/aromatic N) is 2. The number of hydrogen-bond acceptors (Lipinski definition) is 2. The standard InChI is InChI=1S/C44H29BrN2O/c1-27-12-6-8-16-32(27)43(30-14-4-3-5-15-30)46-28(2)47-38-20-10-18-33(41(38)35-24-22-29-13-7-9-17-34(29)44(35)47)31-23-25-39-36(26-31)42-37(45)19-11-21-40(42)48-39/h3-26H,2H2,1H3/b46-43-. The molecule has 0 bridgehead atoms. The molecule has 2 heterocycles. The second-order valence-electron chi connectivity index (χ2n) is 12.2. The molecule has 0 spiro atoms. The first-order valence-electron chi connectivity index (χ1n) is 16.0. The number of benzene rings is 7. The first-order valence-corrected chi connectivity index (χ1v) is 16.8. The maximum atomic E-state index is 6.22. The highest BCUT2D eigenvalue weighted by Crippen LogP contribution is 2.43. The van der Waals surface area contributed by atoms with E-state index in [0.717, 1.165) is 87.1 Å². The van der Waals surface area contributed by atoms with E-state index in [-0.39, 0.29) is 0 Å². The van der Waals surface area contributed by atoms with E-state index in [1.54, 1.807) is 0 Å². The van der Waals surface area contributed by atoms with E-state index in [4.69, 9.17) is 9.41 Å². The third kappa shape index (κ3) is 4.44. The molecular weight excluding hydrogens is 652 g/mol. The van der Waals surface area contributed by atoms with E-state index in [0.29, 0.717) is 5.82 Å². The van der Waals surface area contributed by atoms with Crippen LogP contribution >= 0.6 is 15.9 Å². The van der Waals surface area contributed by atoms with E-state index in [1.165, 1.54) is 5.39 Å². The normalized spacial score (nSPS) is 12.2. The maximum absolute atomic E-state index is 6.22. The summed E-state index contributed by atoms with van der Waals surface area (Å²) in [5.41, 5.74) is 10.4. The minimum Gasteiger partial charge on any atom is -0.456 e. The molecule has 0 N–H and O–H groups in total. The van der Waals surface area contributed by atoms with Crippen molar-refractivity contribution in [3.05, 3.63) is 173 Å². The van der Waals surface area contributed by atoms with E-state index < -0.39 is 0 Å². The fourth-order valence-corrected chi connectivity index (χ4v) is 7.74. The Bertz CT molecular complexity index is 2770. The lowest BCUT2D eigenvalue weighted by molar-refractivity contribution is 0.669. The van der Waals surface area contributed by atoms with Crippen molar-refractivity contribution in [2.45, 2.75) is 6.92 Å². The number of halogens is 1. The van der Waals surface area contributed by atoms with Gasteiger partial charge in [-0.3, -0.25) is 4.57 Å². The molecule has 0 fully saturated rings. The van der Waals surface area contributed by atoms with Crippen molar-refractivity contribution in [1.29, 1.82) is 0 Å². The zero-order chi connectivity index (χ0) is 32.4. The molecular formula is C44H29BrN2O. The number of hydrogen-bond donors (Lipinski definition) is 0. The van der Waals surface area contributed by atoms with Crippen LogP contribution in [0.2, 0.25) is 0 Å². The van der Waals surface area contributed by atoms with Crippen LogP contribution in [0.1, 0.15) is 16.7 Å². The van der Waals surface area contributed by atoms with Gasteiger partial charge in [-0.25, -0.2) is 4.99 Å². The summed E-state index contributed by atoms with van der Waals surface area (Å²) >= 11 is 3.76. The van der Waals surface area contributed by atoms with Gasteiger partial charge in [0.05, 0.1) is 16.7 Å². The Morgan fingerprint density at radius 1 is 0.667 bits per heavy atom. The molecule has 0 radical (unpaired) electrons. The lowest BCUT2D eigenvalue weighted by atomic mass is 9.97. The fourth-order valence-electron chi connectivity index (χ4n) is 7.18. The van der Waals surface area contributed by atoms with Crippen LogP contribution in [-0.2, 0) is 0 Å². The highest BCUT2D eigenvalue weighted by atomic mass is 79.9. The SMILES string of the molecule is C=C(/N=C(/c1ccccc1)c1ccccc1C)n1c2cccc(-c3ccc4oc5cccc(Br)c5c4c3)c2c2ccc3ccccc3c21. The molecule has 2 aromatic heterocycles. The molecule has 0 atom stereocenters. The van der Waals surface area contributed by atoms with Gasteiger partial charge >= 0.3 is 0 Å². The summed E-state index contributed by atoms with van der Waals surface area (Å²) < 4.78 is 9.50. The van der Waals surface area contributed by atoms with E-state index in [1.807, 2.05) is 18.2 Å². The van der Waals surface area contributed by atoms with Gasteiger partial charge < -0.3 is 4.42 Å². The van der Waals surface area contributed by atoms with Gasteiger partial charge in [0.15, 0.2) is 0 Å². The third-order valence-electron chi connectivity index (χ3n) is 9.38. The Morgan fingerprint density at radius 3 is 2.33 bits per heavy atom. The number of fused-ring (bicyclic) bond motifs is 8. The zero-order valence-corrected chi connectivity index (χ0v) is 27.8. The van der Waals surface area contributed by atoms with Crippen molar-refractivity contribution in [3.8, 4) is 11.1 Å². The summed E-state index contributed by atoms with van der Waals surface area (Å²) in [6.45, 7) is 6.80. The van der Waals surface area contributed by atoms with Crippen LogP contribution in [0.5, 0.6) is 0 Å². The van der Waals surface area contributed by atoms with Crippen molar-refractivity contribution < 1.29 is 4.42 Å². The van der Waals surface area contributed by atoms with Gasteiger partial charge in [-0.05, 0) is 59.3 Å². The highest BCUT2D eigenvalue weighted by Gasteiger charge is 2.20. The van der Waals surface area contributed by atoms with Gasteiger partial charge in [0.25, 0.3) is 0 Å². The second-order valence-corrected chi connectivity index (χ2v) is 13.1. The topological polar surface area (TPSA) is 30.4 Å². The summed E-state index contributed by atoms with van der Waals surface area (Å²) in [5.74, 6) is 0.658. The van der Waals surface area contributed by atoms with Crippen molar-refractivity contribution in [3.63, 3.8) is 0 Å². The monoisotopic (exact) mass is 680 g/mol. The summed E-state index contributed by atoms with van der Waals surface area (Å²) in [6.07, 6.45) is 0. The number of aryl methyl sites for hydroxylation is 1. The van der Waals surface area contributed by atoms with Crippen molar-refractivity contribution >= 4 is 82.0 Å². The lowest BCUT2D eigenvalue weighted by Gasteiger charge is -2.14. The van der Waals surface area contributed by atoms with Crippen molar-refractivity contribution in [2.75, 3.05) is 0 Å². The van der Waals surface area contributed by atoms with E-state index in [9.17, 15) is 0 Å². The molecule has 0 aliphatic rings. The maximum Gasteiger partial charge on any atom is 0.136 e. The lowest BCUT2D eigenvalue weighted by Crippen LogP contribution is -2.07. The average Bonchev–Trinajstić information content (AvgIpc) is 3.68. The smallest absolute Gasteiger partial charge is 0.136 e. The number of aliphatic imine (C=N–C) groups is 1. The molecule has 9 aromatic rings. The molecule has 9 rings (SSSR count). The zero-order valence-electron chi connectivity index (χ0n) is 26.2. The molecule has 0 amide bonds. The number of furan rings is 1. The Labute approximate surface area is 286 Å². The Hall–Kier alpha value is -5.71. The number of rotatable bonds is 5. The predicted octanol–water partition coefficient (Wildman–Crippen LogP) is 12.6. The van der Waals surface area contributed by atoms with Crippen LogP contribution in [0.25, 0.3) is 71.5 Å². The Balaban J connectivity index is 1.35. The molecule has 228 valence electrons. The van der Waals surface area contributed by atoms with Gasteiger partial charge in [0.2, 0.25) is 0 Å². The first kappa shape index (κ1) is 28.5. The Morgan fingerprint density at radius 2 is 1.46 bits per heavy atom. The minimum atomic E-state index is 0.658. The van der Waals surface area contributed by atoms with Crippen molar-refractivity contribution in [1.82, 2.24) is 4.57 Å². The molecule has 0 aliphatic heterocycles. The van der Waals surface area contributed by atoms with Gasteiger partial charge in [-0.2, -0.15) is 0 Å². The van der Waals surface area contributed by atoms with Crippen LogP contribution in [-0.4, -0.2) is 10.3 Å². The van der Waals surface area contributed by atoms with Crippen LogP contribution in [0.3, 0.4) is 0 Å². The predicted molar refractivity (Wildman–Crippen MR) is 206 cm³/mol. The van der Waals surface area contributed by atoms with E-state index in [2.05, 4.69) is 161 Å². The first-order chi connectivity index (χ1) is 23.6. The van der Waals surface area contributed by atoms with Gasteiger partial charge in [-0.15, -0.1) is 0 Å². The fraction of sp³-hybridized carbons (Fsp3) is 0.0227.